The van der Waals surface area contributed by atoms with Gasteiger partial charge in [0.25, 0.3) is 0 Å². The summed E-state index contributed by atoms with van der Waals surface area (Å²) < 4.78 is 10.0. The number of hydrogen-bond donors (Lipinski definition) is 0. The van der Waals surface area contributed by atoms with Crippen molar-refractivity contribution in [3.63, 3.8) is 0 Å². The molecule has 0 aromatic carbocycles. The van der Waals surface area contributed by atoms with Gasteiger partial charge >= 0.3 is 0 Å². The summed E-state index contributed by atoms with van der Waals surface area (Å²) >= 11 is 0. The van der Waals surface area contributed by atoms with Gasteiger partial charge in [-0.3, -0.25) is 9.59 Å². The van der Waals surface area contributed by atoms with Crippen molar-refractivity contribution in [3.05, 3.63) is 23.2 Å². The largest absolute Gasteiger partial charge is 0.466 e. The van der Waals surface area contributed by atoms with E-state index in [1.54, 1.807) is 19.9 Å². The van der Waals surface area contributed by atoms with E-state index in [1.807, 2.05) is 0 Å². The summed E-state index contributed by atoms with van der Waals surface area (Å²) in [5, 5.41) is 0. The second-order valence-corrected chi connectivity index (χ2v) is 3.71. The topological polar surface area (TPSA) is 56.5 Å². The van der Waals surface area contributed by atoms with Crippen molar-refractivity contribution in [2.24, 2.45) is 0 Å². The van der Waals surface area contributed by atoms with Gasteiger partial charge in [-0.05, 0) is 19.9 Å². The minimum absolute atomic E-state index is 0.0802. The molecule has 4 nitrogen and oxygen atoms in total. The van der Waals surface area contributed by atoms with Gasteiger partial charge in [-0.15, -0.1) is 0 Å². The molecule has 88 valence electrons. The van der Waals surface area contributed by atoms with E-state index in [2.05, 4.69) is 0 Å². The van der Waals surface area contributed by atoms with E-state index in [1.165, 1.54) is 7.11 Å². The Morgan fingerprint density at radius 3 is 2.56 bits per heavy atom. The molecule has 0 unspecified atom stereocenters. The van der Waals surface area contributed by atoms with E-state index >= 15 is 0 Å². The van der Waals surface area contributed by atoms with Crippen LogP contribution in [0, 0.1) is 13.8 Å². The number of Topliss-reactive ketones (excluding diaryl/α,β-unsaturated/α-hetero) is 2. The highest BCUT2D eigenvalue weighted by atomic mass is 16.5. The highest BCUT2D eigenvalue weighted by Gasteiger charge is 2.16. The van der Waals surface area contributed by atoms with E-state index in [4.69, 9.17) is 9.15 Å². The summed E-state index contributed by atoms with van der Waals surface area (Å²) in [7, 11) is 1.53. The van der Waals surface area contributed by atoms with Crippen LogP contribution in [0.2, 0.25) is 0 Å². The van der Waals surface area contributed by atoms with Crippen LogP contribution in [0.1, 0.15) is 34.7 Å². The highest BCUT2D eigenvalue weighted by Crippen LogP contribution is 2.15. The summed E-state index contributed by atoms with van der Waals surface area (Å²) in [5.41, 5.74) is 0.503. The van der Waals surface area contributed by atoms with E-state index in [0.717, 1.165) is 0 Å². The molecule has 16 heavy (non-hydrogen) atoms. The van der Waals surface area contributed by atoms with Crippen LogP contribution in [0.4, 0.5) is 0 Å². The lowest BCUT2D eigenvalue weighted by Crippen LogP contribution is -2.10. The maximum Gasteiger partial charge on any atom is 0.173 e. The fraction of sp³-hybridized carbons (Fsp3) is 0.500. The van der Waals surface area contributed by atoms with Crippen LogP contribution in [0.15, 0.2) is 10.5 Å². The maximum atomic E-state index is 11.7. The molecule has 1 rings (SSSR count). The van der Waals surface area contributed by atoms with Crippen molar-refractivity contribution in [1.29, 1.82) is 0 Å². The smallest absolute Gasteiger partial charge is 0.173 e. The van der Waals surface area contributed by atoms with Crippen molar-refractivity contribution in [3.8, 4) is 0 Å². The minimum atomic E-state index is -0.185. The summed E-state index contributed by atoms with van der Waals surface area (Å²) in [6, 6.07) is 1.67. The number of carbonyl (C=O) groups is 2. The first kappa shape index (κ1) is 12.6. The molecule has 0 aliphatic heterocycles. The quantitative estimate of drug-likeness (QED) is 0.548. The van der Waals surface area contributed by atoms with E-state index in [0.29, 0.717) is 23.7 Å². The summed E-state index contributed by atoms with van der Waals surface area (Å²) in [4.78, 5) is 23.1. The summed E-state index contributed by atoms with van der Waals surface area (Å²) in [5.74, 6) is 0.966. The van der Waals surface area contributed by atoms with Gasteiger partial charge in [0.05, 0.1) is 18.6 Å². The molecule has 0 N–H and O–H groups in total. The Morgan fingerprint density at radius 2 is 2.06 bits per heavy atom. The number of aryl methyl sites for hydroxylation is 2. The van der Waals surface area contributed by atoms with E-state index < -0.39 is 0 Å². The Balaban J connectivity index is 2.59. The molecule has 0 fully saturated rings. The molecule has 0 radical (unpaired) electrons. The van der Waals surface area contributed by atoms with Gasteiger partial charge in [-0.1, -0.05) is 0 Å². The lowest BCUT2D eigenvalue weighted by atomic mass is 10.1. The first-order valence-electron chi connectivity index (χ1n) is 5.15. The van der Waals surface area contributed by atoms with Crippen LogP contribution in [0.25, 0.3) is 0 Å². The molecule has 4 heteroatoms. The van der Waals surface area contributed by atoms with Crippen LogP contribution in [0.3, 0.4) is 0 Å². The average Bonchev–Trinajstić information content (AvgIpc) is 2.54. The number of ether oxygens (including phenoxy) is 1. The molecule has 0 aliphatic carbocycles. The molecule has 0 amide bonds. The Labute approximate surface area is 94.6 Å². The fourth-order valence-electron chi connectivity index (χ4n) is 1.49. The average molecular weight is 224 g/mol. The molecule has 0 bridgehead atoms. The Hall–Kier alpha value is -1.42. The van der Waals surface area contributed by atoms with Crippen LogP contribution >= 0.6 is 0 Å². The lowest BCUT2D eigenvalue weighted by Gasteiger charge is -1.99. The van der Waals surface area contributed by atoms with Crippen LogP contribution in [-0.4, -0.2) is 25.3 Å². The van der Waals surface area contributed by atoms with Crippen molar-refractivity contribution < 1.29 is 18.7 Å². The van der Waals surface area contributed by atoms with E-state index in [-0.39, 0.29) is 24.4 Å². The van der Waals surface area contributed by atoms with Crippen LogP contribution in [0.5, 0.6) is 0 Å². The molecule has 0 aliphatic rings. The molecular formula is C12H16O4. The number of methoxy groups -OCH3 is 1. The van der Waals surface area contributed by atoms with E-state index in [9.17, 15) is 9.59 Å². The zero-order valence-corrected chi connectivity index (χ0v) is 9.83. The third kappa shape index (κ3) is 3.31. The van der Waals surface area contributed by atoms with Gasteiger partial charge in [-0.25, -0.2) is 0 Å². The van der Waals surface area contributed by atoms with Gasteiger partial charge in [-0.2, -0.15) is 0 Å². The van der Waals surface area contributed by atoms with Crippen LogP contribution in [-0.2, 0) is 9.53 Å². The van der Waals surface area contributed by atoms with Gasteiger partial charge < -0.3 is 9.15 Å². The van der Waals surface area contributed by atoms with Crippen LogP contribution < -0.4 is 0 Å². The molecule has 0 spiro atoms. The number of rotatable bonds is 6. The predicted molar refractivity (Wildman–Crippen MR) is 58.6 cm³/mol. The second kappa shape index (κ2) is 5.61. The molecule has 1 heterocycles. The van der Waals surface area contributed by atoms with Gasteiger partial charge in [0.1, 0.15) is 17.3 Å². The maximum absolute atomic E-state index is 11.7. The van der Waals surface area contributed by atoms with Gasteiger partial charge in [0.2, 0.25) is 0 Å². The molecule has 0 saturated carbocycles. The highest BCUT2D eigenvalue weighted by molar-refractivity contribution is 6.08. The number of hydrogen-bond acceptors (Lipinski definition) is 4. The van der Waals surface area contributed by atoms with Crippen molar-refractivity contribution in [2.75, 3.05) is 13.7 Å². The normalized spacial score (nSPS) is 10.4. The second-order valence-electron chi connectivity index (χ2n) is 3.71. The number of ketones is 2. The minimum Gasteiger partial charge on any atom is -0.466 e. The molecule has 1 aromatic heterocycles. The molecular weight excluding hydrogens is 208 g/mol. The molecule has 0 atom stereocenters. The third-order valence-electron chi connectivity index (χ3n) is 2.28. The standard InChI is InChI=1S/C12H16O4/c1-8-6-11(9(2)16-8)12(14)7-10(13)4-5-15-3/h6H,4-5,7H2,1-3H3. The number of carbonyl (C=O) groups excluding carboxylic acids is 2. The monoisotopic (exact) mass is 224 g/mol. The molecule has 0 saturated heterocycles. The third-order valence-corrected chi connectivity index (χ3v) is 2.28. The predicted octanol–water partition coefficient (Wildman–Crippen LogP) is 2.07. The van der Waals surface area contributed by atoms with Crippen molar-refractivity contribution in [2.45, 2.75) is 26.7 Å². The van der Waals surface area contributed by atoms with Gasteiger partial charge in [0, 0.05) is 13.5 Å². The zero-order chi connectivity index (χ0) is 12.1. The first-order valence-corrected chi connectivity index (χ1v) is 5.15. The SMILES string of the molecule is COCCC(=O)CC(=O)c1cc(C)oc1C. The lowest BCUT2D eigenvalue weighted by molar-refractivity contribution is -0.119. The Morgan fingerprint density at radius 1 is 1.38 bits per heavy atom. The first-order chi connectivity index (χ1) is 7.54. The number of furan rings is 1. The molecule has 1 aromatic rings. The summed E-state index contributed by atoms with van der Waals surface area (Å²) in [6.45, 7) is 3.85. The van der Waals surface area contributed by atoms with Crippen molar-refractivity contribution >= 4 is 11.6 Å². The Kier molecular flexibility index (Phi) is 4.43. The zero-order valence-electron chi connectivity index (χ0n) is 9.83. The summed E-state index contributed by atoms with van der Waals surface area (Å²) in [6.07, 6.45) is 0.196. The Bertz CT molecular complexity index is 390. The van der Waals surface area contributed by atoms with Gasteiger partial charge in [0.15, 0.2) is 5.78 Å². The fourth-order valence-corrected chi connectivity index (χ4v) is 1.49. The van der Waals surface area contributed by atoms with Crippen molar-refractivity contribution in [1.82, 2.24) is 0 Å².